The smallest absolute Gasteiger partial charge is 0.240 e. The second-order valence-electron chi connectivity index (χ2n) is 15.4. The molecule has 0 spiro atoms. The van der Waals surface area contributed by atoms with Crippen molar-refractivity contribution >= 4 is 54.4 Å². The van der Waals surface area contributed by atoms with E-state index in [-0.39, 0.29) is 33.8 Å². The van der Waals surface area contributed by atoms with Gasteiger partial charge in [0, 0.05) is 60.1 Å². The molecule has 14 nitrogen and oxygen atoms in total. The van der Waals surface area contributed by atoms with Crippen molar-refractivity contribution in [3.8, 4) is 43.1 Å². The van der Waals surface area contributed by atoms with Crippen molar-refractivity contribution < 1.29 is 27.0 Å². The zero-order chi connectivity index (χ0) is 42.9. The van der Waals surface area contributed by atoms with Crippen LogP contribution in [0.3, 0.4) is 0 Å². The fourth-order valence-electron chi connectivity index (χ4n) is 7.13. The number of nitrogens with zero attached hydrogens (tertiary/aromatic N) is 4. The Labute approximate surface area is 358 Å². The summed E-state index contributed by atoms with van der Waals surface area (Å²) in [5, 5.41) is 20.6. The van der Waals surface area contributed by atoms with Gasteiger partial charge in [-0.3, -0.25) is 0 Å². The maximum absolute atomic E-state index is 12.8. The second kappa shape index (κ2) is 17.7. The van der Waals surface area contributed by atoms with Gasteiger partial charge in [0.15, 0.2) is 0 Å². The van der Waals surface area contributed by atoms with Gasteiger partial charge in [0.2, 0.25) is 20.0 Å². The Morgan fingerprint density at radius 2 is 0.967 bits per heavy atom. The third-order valence-electron chi connectivity index (χ3n) is 10.8. The molecule has 2 saturated carbocycles. The van der Waals surface area contributed by atoms with Crippen molar-refractivity contribution in [2.45, 2.75) is 75.4 Å². The number of nitrogens with two attached hydrogens (primary N) is 2. The zero-order valence-electron chi connectivity index (χ0n) is 33.6. The van der Waals surface area contributed by atoms with Crippen molar-refractivity contribution in [1.29, 1.82) is 0 Å². The van der Waals surface area contributed by atoms with Gasteiger partial charge in [-0.15, -0.1) is 22.7 Å². The normalized spacial score (nSPS) is 18.9. The van der Waals surface area contributed by atoms with Crippen LogP contribution < -0.4 is 20.9 Å². The van der Waals surface area contributed by atoms with Crippen molar-refractivity contribution in [1.82, 2.24) is 29.4 Å². The molecule has 2 aromatic carbocycles. The van der Waals surface area contributed by atoms with Crippen LogP contribution in [0.1, 0.15) is 46.8 Å². The Morgan fingerprint density at radius 1 is 0.583 bits per heavy atom. The molecule has 4 heterocycles. The number of hydrogen-bond acceptors (Lipinski definition) is 14. The maximum atomic E-state index is 12.8. The lowest BCUT2D eigenvalue weighted by Crippen LogP contribution is -2.38. The van der Waals surface area contributed by atoms with Gasteiger partial charge in [-0.1, -0.05) is 12.1 Å². The highest BCUT2D eigenvalue weighted by molar-refractivity contribution is 7.89. The second-order valence-corrected chi connectivity index (χ2v) is 21.4. The highest BCUT2D eigenvalue weighted by atomic mass is 32.2. The van der Waals surface area contributed by atoms with Crippen LogP contribution in [-0.2, 0) is 20.0 Å². The number of nitrogens with one attached hydrogen (secondary N) is 2. The van der Waals surface area contributed by atoms with E-state index >= 15 is 0 Å². The first kappa shape index (κ1) is 43.4. The average molecular weight is 889 g/mol. The Balaban J connectivity index is 0.000000181. The summed E-state index contributed by atoms with van der Waals surface area (Å²) in [5.74, 6) is 1.19. The first-order valence-electron chi connectivity index (χ1n) is 19.4. The SMILES string of the molecule is Cc1ncc(-c2cc(-c3cc(S(=O)(=O)NCC4CC(O)C4)ccc3C)cnc2N)s1.Cc1ncc(-c2cc(-c3cc(S(=O)(=O)NCC4CC(O)C4)ccc3C)cnc2N)s1. The van der Waals surface area contributed by atoms with Gasteiger partial charge in [-0.25, -0.2) is 46.2 Å². The minimum Gasteiger partial charge on any atom is -0.393 e. The summed E-state index contributed by atoms with van der Waals surface area (Å²) in [6.07, 6.45) is 8.80. The zero-order valence-corrected chi connectivity index (χ0v) is 36.9. The van der Waals surface area contributed by atoms with E-state index in [0.717, 1.165) is 64.3 Å². The monoisotopic (exact) mass is 888 g/mol. The number of anilines is 2. The first-order chi connectivity index (χ1) is 28.5. The average Bonchev–Trinajstić information content (AvgIpc) is 3.83. The van der Waals surface area contributed by atoms with Crippen LogP contribution in [0.5, 0.6) is 0 Å². The molecule has 2 aliphatic carbocycles. The van der Waals surface area contributed by atoms with E-state index in [4.69, 9.17) is 11.5 Å². The lowest BCUT2D eigenvalue weighted by molar-refractivity contribution is 0.0450. The number of aromatic nitrogens is 4. The number of benzene rings is 2. The summed E-state index contributed by atoms with van der Waals surface area (Å²) >= 11 is 3.07. The van der Waals surface area contributed by atoms with E-state index in [1.165, 1.54) is 22.7 Å². The molecule has 0 amide bonds. The molecular formula is C42H48N8O6S4. The van der Waals surface area contributed by atoms with Crippen LogP contribution >= 0.6 is 22.7 Å². The Bertz CT molecular complexity index is 2560. The standard InChI is InChI=1S/2C21H24N4O3S2/c2*1-12-3-4-17(30(27,28)25-9-14-5-16(26)6-14)8-18(12)15-7-19(21(22)24-10-15)20-11-23-13(2)29-20/h2*3-4,7-8,10-11,14,16,25-26H,5-6,9H2,1-2H3,(H2,22,24). The van der Waals surface area contributed by atoms with Gasteiger partial charge in [-0.05, 0) is 124 Å². The number of aliphatic hydroxyl groups is 2. The Hall–Kier alpha value is -4.66. The maximum Gasteiger partial charge on any atom is 0.240 e. The lowest BCUT2D eigenvalue weighted by Gasteiger charge is -2.31. The molecule has 18 heteroatoms. The molecule has 60 heavy (non-hydrogen) atoms. The van der Waals surface area contributed by atoms with Gasteiger partial charge >= 0.3 is 0 Å². The summed E-state index contributed by atoms with van der Waals surface area (Å²) in [7, 11) is -7.30. The number of hydrogen-bond donors (Lipinski definition) is 6. The largest absolute Gasteiger partial charge is 0.393 e. The summed E-state index contributed by atoms with van der Waals surface area (Å²) in [5.41, 5.74) is 18.8. The van der Waals surface area contributed by atoms with Crippen molar-refractivity contribution in [2.24, 2.45) is 11.8 Å². The summed E-state index contributed by atoms with van der Waals surface area (Å²) in [6, 6.07) is 14.0. The topological polar surface area (TPSA) is 236 Å². The molecule has 0 saturated heterocycles. The third kappa shape index (κ3) is 9.92. The molecule has 8 rings (SSSR count). The summed E-state index contributed by atoms with van der Waals surface area (Å²) in [6.45, 7) is 8.39. The van der Waals surface area contributed by atoms with Gasteiger partial charge in [-0.2, -0.15) is 0 Å². The number of aliphatic hydroxyl groups excluding tert-OH is 2. The molecule has 316 valence electrons. The molecule has 0 bridgehead atoms. The molecule has 2 fully saturated rings. The number of aryl methyl sites for hydroxylation is 4. The molecule has 6 aromatic rings. The first-order valence-corrected chi connectivity index (χ1v) is 24.0. The number of rotatable bonds is 12. The van der Waals surface area contributed by atoms with Crippen LogP contribution in [0.25, 0.3) is 43.1 Å². The van der Waals surface area contributed by atoms with Crippen molar-refractivity contribution in [3.63, 3.8) is 0 Å². The predicted octanol–water partition coefficient (Wildman–Crippen LogP) is 6.24. The highest BCUT2D eigenvalue weighted by Gasteiger charge is 2.30. The number of nitrogen functional groups attached to an aromatic ring is 2. The van der Waals surface area contributed by atoms with E-state index < -0.39 is 20.0 Å². The highest BCUT2D eigenvalue weighted by Crippen LogP contribution is 2.37. The van der Waals surface area contributed by atoms with Gasteiger partial charge in [0.05, 0.1) is 41.8 Å². The third-order valence-corrected chi connectivity index (χ3v) is 15.6. The minimum absolute atomic E-state index is 0.186. The fraction of sp³-hybridized carbons (Fsp3) is 0.333. The van der Waals surface area contributed by atoms with E-state index in [9.17, 15) is 27.0 Å². The van der Waals surface area contributed by atoms with E-state index in [0.29, 0.717) is 50.4 Å². The van der Waals surface area contributed by atoms with E-state index in [1.807, 2.05) is 39.8 Å². The molecular weight excluding hydrogens is 841 g/mol. The lowest BCUT2D eigenvalue weighted by atomic mass is 9.83. The van der Waals surface area contributed by atoms with E-state index in [1.54, 1.807) is 61.2 Å². The Morgan fingerprint density at radius 3 is 1.30 bits per heavy atom. The van der Waals surface area contributed by atoms with Crippen LogP contribution in [0, 0.1) is 39.5 Å². The quantitative estimate of drug-likeness (QED) is 0.0801. The molecule has 0 unspecified atom stereocenters. The van der Waals surface area contributed by atoms with Crippen molar-refractivity contribution in [3.05, 3.63) is 94.5 Å². The van der Waals surface area contributed by atoms with Gasteiger partial charge in [0.25, 0.3) is 0 Å². The molecule has 0 radical (unpaired) electrons. The number of thiazole rings is 2. The van der Waals surface area contributed by atoms with Crippen LogP contribution in [0.2, 0.25) is 0 Å². The molecule has 8 N–H and O–H groups in total. The number of pyridine rings is 2. The summed E-state index contributed by atoms with van der Waals surface area (Å²) in [4.78, 5) is 19.5. The fourth-order valence-corrected chi connectivity index (χ4v) is 11.0. The predicted molar refractivity (Wildman–Crippen MR) is 237 cm³/mol. The van der Waals surface area contributed by atoms with Crippen LogP contribution in [0.4, 0.5) is 11.6 Å². The summed E-state index contributed by atoms with van der Waals surface area (Å²) < 4.78 is 56.5. The molecule has 0 aliphatic heterocycles. The number of sulfonamides is 2. The van der Waals surface area contributed by atoms with Gasteiger partial charge in [0.1, 0.15) is 11.6 Å². The van der Waals surface area contributed by atoms with Gasteiger partial charge < -0.3 is 21.7 Å². The van der Waals surface area contributed by atoms with Crippen LogP contribution in [0.15, 0.2) is 83.1 Å². The van der Waals surface area contributed by atoms with Crippen LogP contribution in [-0.4, -0.2) is 72.3 Å². The van der Waals surface area contributed by atoms with Crippen molar-refractivity contribution in [2.75, 3.05) is 24.6 Å². The Kier molecular flexibility index (Phi) is 12.8. The molecule has 2 aliphatic rings. The minimum atomic E-state index is -3.65. The molecule has 0 atom stereocenters. The molecule has 4 aromatic heterocycles. The van der Waals surface area contributed by atoms with E-state index in [2.05, 4.69) is 29.4 Å².